The number of hydrogen-bond donors (Lipinski definition) is 1. The van der Waals surface area contributed by atoms with Crippen molar-refractivity contribution in [1.29, 1.82) is 0 Å². The number of H-pyrrole nitrogens is 1. The molecule has 4 heteroatoms. The topological polar surface area (TPSA) is 41.1 Å². The number of aromatic nitrogens is 2. The van der Waals surface area contributed by atoms with Gasteiger partial charge in [0.2, 0.25) is 0 Å². The van der Waals surface area contributed by atoms with Crippen LogP contribution in [0.3, 0.4) is 0 Å². The zero-order chi connectivity index (χ0) is 16.1. The molecule has 1 aliphatic rings. The molecule has 0 radical (unpaired) electrons. The Bertz CT molecular complexity index is 623. The van der Waals surface area contributed by atoms with Crippen LogP contribution >= 0.6 is 0 Å². The molecule has 3 rings (SSSR count). The molecule has 0 spiro atoms. The second-order valence-electron chi connectivity index (χ2n) is 6.61. The quantitative estimate of drug-likeness (QED) is 0.886. The first-order chi connectivity index (χ1) is 11.2. The van der Waals surface area contributed by atoms with Gasteiger partial charge in [-0.05, 0) is 62.8 Å². The van der Waals surface area contributed by atoms with E-state index in [0.29, 0.717) is 0 Å². The van der Waals surface area contributed by atoms with E-state index in [1.165, 1.54) is 49.3 Å². The average Bonchev–Trinajstić information content (AvgIpc) is 2.98. The van der Waals surface area contributed by atoms with E-state index in [1.54, 1.807) is 13.4 Å². The fourth-order valence-electron chi connectivity index (χ4n) is 3.49. The lowest BCUT2D eigenvalue weighted by Gasteiger charge is -2.32. The molecule has 23 heavy (non-hydrogen) atoms. The van der Waals surface area contributed by atoms with Crippen LogP contribution < -0.4 is 4.74 Å². The molecule has 1 aromatic heterocycles. The Labute approximate surface area is 138 Å². The molecule has 2 aromatic rings. The third-order valence-electron chi connectivity index (χ3n) is 4.89. The first-order valence-corrected chi connectivity index (χ1v) is 8.58. The van der Waals surface area contributed by atoms with Crippen molar-refractivity contribution in [1.82, 2.24) is 14.9 Å². The number of aryl methyl sites for hydroxylation is 2. The maximum absolute atomic E-state index is 5.32. The highest BCUT2D eigenvalue weighted by Gasteiger charge is 2.20. The molecular weight excluding hydrogens is 286 g/mol. The summed E-state index contributed by atoms with van der Waals surface area (Å²) in [5.74, 6) is 1.75. The summed E-state index contributed by atoms with van der Waals surface area (Å²) in [6.45, 7) is 5.47. The van der Waals surface area contributed by atoms with Gasteiger partial charge < -0.3 is 9.72 Å². The maximum Gasteiger partial charge on any atom is 0.119 e. The van der Waals surface area contributed by atoms with Crippen LogP contribution in [0.25, 0.3) is 0 Å². The van der Waals surface area contributed by atoms with E-state index in [4.69, 9.17) is 4.74 Å². The van der Waals surface area contributed by atoms with Gasteiger partial charge in [-0.15, -0.1) is 0 Å². The average molecular weight is 313 g/mol. The molecule has 1 aromatic carbocycles. The predicted molar refractivity (Wildman–Crippen MR) is 92.6 cm³/mol. The second-order valence-corrected chi connectivity index (χ2v) is 6.61. The number of imidazole rings is 1. The van der Waals surface area contributed by atoms with Gasteiger partial charge in [0.25, 0.3) is 0 Å². The van der Waals surface area contributed by atoms with Crippen molar-refractivity contribution >= 4 is 0 Å². The predicted octanol–water partition coefficient (Wildman–Crippen LogP) is 3.57. The first-order valence-electron chi connectivity index (χ1n) is 8.58. The monoisotopic (exact) mass is 313 g/mol. The SMILES string of the molecule is COc1cccc(CC[C@@H]2CCCN(Cc3nc[nH]c3C)C2)c1. The summed E-state index contributed by atoms with van der Waals surface area (Å²) >= 11 is 0. The van der Waals surface area contributed by atoms with Crippen LogP contribution in [0.15, 0.2) is 30.6 Å². The number of methoxy groups -OCH3 is 1. The summed E-state index contributed by atoms with van der Waals surface area (Å²) in [5, 5.41) is 0. The van der Waals surface area contributed by atoms with Crippen molar-refractivity contribution in [2.24, 2.45) is 5.92 Å². The summed E-state index contributed by atoms with van der Waals surface area (Å²) in [6.07, 6.45) is 6.83. The van der Waals surface area contributed by atoms with Gasteiger partial charge >= 0.3 is 0 Å². The summed E-state index contributed by atoms with van der Waals surface area (Å²) in [5.41, 5.74) is 3.77. The van der Waals surface area contributed by atoms with Gasteiger partial charge in [0.15, 0.2) is 0 Å². The van der Waals surface area contributed by atoms with Gasteiger partial charge in [-0.2, -0.15) is 0 Å². The fraction of sp³-hybridized carbons (Fsp3) is 0.526. The van der Waals surface area contributed by atoms with Crippen molar-refractivity contribution in [3.8, 4) is 5.75 Å². The molecule has 4 nitrogen and oxygen atoms in total. The van der Waals surface area contributed by atoms with Crippen molar-refractivity contribution in [3.05, 3.63) is 47.5 Å². The Balaban J connectivity index is 1.51. The Morgan fingerprint density at radius 3 is 3.09 bits per heavy atom. The molecule has 2 heterocycles. The van der Waals surface area contributed by atoms with Crippen molar-refractivity contribution in [3.63, 3.8) is 0 Å². The number of nitrogens with one attached hydrogen (secondary N) is 1. The van der Waals surface area contributed by atoms with E-state index in [1.807, 2.05) is 6.07 Å². The molecule has 0 amide bonds. The minimum atomic E-state index is 0.786. The molecule has 124 valence electrons. The summed E-state index contributed by atoms with van der Waals surface area (Å²) < 4.78 is 5.32. The highest BCUT2D eigenvalue weighted by atomic mass is 16.5. The van der Waals surface area contributed by atoms with Gasteiger partial charge in [-0.3, -0.25) is 4.90 Å². The van der Waals surface area contributed by atoms with Crippen molar-refractivity contribution < 1.29 is 4.74 Å². The first kappa shape index (κ1) is 16.1. The lowest BCUT2D eigenvalue weighted by molar-refractivity contribution is 0.160. The van der Waals surface area contributed by atoms with Crippen LogP contribution in [-0.2, 0) is 13.0 Å². The Hall–Kier alpha value is -1.81. The molecule has 0 saturated carbocycles. The van der Waals surface area contributed by atoms with Crippen LogP contribution in [0.2, 0.25) is 0 Å². The molecule has 0 aliphatic carbocycles. The Morgan fingerprint density at radius 2 is 2.30 bits per heavy atom. The normalized spacial score (nSPS) is 19.0. The van der Waals surface area contributed by atoms with Gasteiger partial charge in [0.05, 0.1) is 19.1 Å². The molecule has 1 saturated heterocycles. The molecular formula is C19H27N3O. The molecule has 0 unspecified atom stereocenters. The molecule has 1 fully saturated rings. The van der Waals surface area contributed by atoms with Crippen LogP contribution in [0.1, 0.15) is 36.2 Å². The fourth-order valence-corrected chi connectivity index (χ4v) is 3.49. The summed E-state index contributed by atoms with van der Waals surface area (Å²) in [6, 6.07) is 8.46. The smallest absolute Gasteiger partial charge is 0.119 e. The van der Waals surface area contributed by atoms with Crippen LogP contribution in [-0.4, -0.2) is 35.1 Å². The van der Waals surface area contributed by atoms with Crippen LogP contribution in [0.4, 0.5) is 0 Å². The standard InChI is InChI=1S/C19H27N3O/c1-15-19(21-14-20-15)13-22-10-4-6-17(12-22)9-8-16-5-3-7-18(11-16)23-2/h3,5,7,11,14,17H,4,6,8-10,12-13H2,1-2H3,(H,20,21)/t17-/m0/s1. The largest absolute Gasteiger partial charge is 0.497 e. The van der Waals surface area contributed by atoms with E-state index < -0.39 is 0 Å². The maximum atomic E-state index is 5.32. The number of likely N-dealkylation sites (tertiary alicyclic amines) is 1. The zero-order valence-electron chi connectivity index (χ0n) is 14.2. The number of rotatable bonds is 6. The second kappa shape index (κ2) is 7.64. The van der Waals surface area contributed by atoms with E-state index in [0.717, 1.165) is 24.6 Å². The van der Waals surface area contributed by atoms with Gasteiger partial charge in [0.1, 0.15) is 5.75 Å². The lowest BCUT2D eigenvalue weighted by atomic mass is 9.91. The highest BCUT2D eigenvalue weighted by Crippen LogP contribution is 2.24. The number of hydrogen-bond acceptors (Lipinski definition) is 3. The highest BCUT2D eigenvalue weighted by molar-refractivity contribution is 5.28. The third-order valence-corrected chi connectivity index (χ3v) is 4.89. The molecule has 1 N–H and O–H groups in total. The Kier molecular flexibility index (Phi) is 5.34. The number of benzene rings is 1. The van der Waals surface area contributed by atoms with E-state index in [2.05, 4.69) is 40.0 Å². The van der Waals surface area contributed by atoms with Crippen LogP contribution in [0, 0.1) is 12.8 Å². The van der Waals surface area contributed by atoms with E-state index in [-0.39, 0.29) is 0 Å². The molecule has 1 aliphatic heterocycles. The molecule has 1 atom stereocenters. The van der Waals surface area contributed by atoms with Crippen LogP contribution in [0.5, 0.6) is 5.75 Å². The number of nitrogens with zero attached hydrogens (tertiary/aromatic N) is 2. The number of ether oxygens (including phenoxy) is 1. The minimum absolute atomic E-state index is 0.786. The van der Waals surface area contributed by atoms with Gasteiger partial charge in [0, 0.05) is 18.8 Å². The number of aromatic amines is 1. The van der Waals surface area contributed by atoms with Crippen molar-refractivity contribution in [2.45, 2.75) is 39.2 Å². The van der Waals surface area contributed by atoms with E-state index in [9.17, 15) is 0 Å². The number of piperidine rings is 1. The summed E-state index contributed by atoms with van der Waals surface area (Å²) in [4.78, 5) is 10.2. The Morgan fingerprint density at radius 1 is 1.39 bits per heavy atom. The van der Waals surface area contributed by atoms with Gasteiger partial charge in [-0.1, -0.05) is 12.1 Å². The van der Waals surface area contributed by atoms with E-state index >= 15 is 0 Å². The summed E-state index contributed by atoms with van der Waals surface area (Å²) in [7, 11) is 1.73. The minimum Gasteiger partial charge on any atom is -0.497 e. The molecule has 0 bridgehead atoms. The van der Waals surface area contributed by atoms with Gasteiger partial charge in [-0.25, -0.2) is 4.98 Å². The third kappa shape index (κ3) is 4.35. The van der Waals surface area contributed by atoms with Crippen molar-refractivity contribution in [2.75, 3.05) is 20.2 Å². The lowest BCUT2D eigenvalue weighted by Crippen LogP contribution is -2.35. The zero-order valence-corrected chi connectivity index (χ0v) is 14.2.